The van der Waals surface area contributed by atoms with Crippen LogP contribution in [0, 0.1) is 11.3 Å². The van der Waals surface area contributed by atoms with Gasteiger partial charge in [-0.15, -0.1) is 0 Å². The van der Waals surface area contributed by atoms with Crippen LogP contribution in [-0.4, -0.2) is 17.8 Å². The normalized spacial score (nSPS) is 10.5. The van der Waals surface area contributed by atoms with Crippen LogP contribution < -0.4 is 0 Å². The highest BCUT2D eigenvalue weighted by molar-refractivity contribution is 9.10. The van der Waals surface area contributed by atoms with E-state index < -0.39 is 0 Å². The van der Waals surface area contributed by atoms with Crippen molar-refractivity contribution in [3.05, 3.63) is 34.3 Å². The van der Waals surface area contributed by atoms with Crippen LogP contribution in [0.25, 0.3) is 0 Å². The highest BCUT2D eigenvalue weighted by Gasteiger charge is 2.08. The van der Waals surface area contributed by atoms with Crippen LogP contribution in [-0.2, 0) is 6.54 Å². The van der Waals surface area contributed by atoms with Gasteiger partial charge in [0.1, 0.15) is 0 Å². The van der Waals surface area contributed by atoms with E-state index in [0.29, 0.717) is 5.84 Å². The summed E-state index contributed by atoms with van der Waals surface area (Å²) in [4.78, 5) is 1.98. The summed E-state index contributed by atoms with van der Waals surface area (Å²) in [6, 6.07) is 8.21. The summed E-state index contributed by atoms with van der Waals surface area (Å²) in [7, 11) is 1.96. The minimum absolute atomic E-state index is 0.283. The first kappa shape index (κ1) is 12.2. The van der Waals surface area contributed by atoms with E-state index in [9.17, 15) is 0 Å². The molecule has 82 valence electrons. The number of amidine groups is 1. The van der Waals surface area contributed by atoms with E-state index >= 15 is 0 Å². The van der Waals surface area contributed by atoms with Crippen molar-refractivity contribution >= 4 is 21.8 Å². The van der Waals surface area contributed by atoms with Gasteiger partial charge in [-0.1, -0.05) is 41.9 Å². The van der Waals surface area contributed by atoms with Gasteiger partial charge >= 0.3 is 0 Å². The lowest BCUT2D eigenvalue weighted by molar-refractivity contribution is 0.468. The number of rotatable bonds is 3. The Hall–Kier alpha value is -0.830. The molecule has 0 heterocycles. The number of hydrogen-bond donors (Lipinski definition) is 1. The second kappa shape index (κ2) is 5.31. The van der Waals surface area contributed by atoms with Gasteiger partial charge in [0.15, 0.2) is 0 Å². The summed E-state index contributed by atoms with van der Waals surface area (Å²) < 4.78 is 1.09. The van der Waals surface area contributed by atoms with E-state index in [2.05, 4.69) is 28.1 Å². The summed E-state index contributed by atoms with van der Waals surface area (Å²) in [5.41, 5.74) is 1.23. The van der Waals surface area contributed by atoms with Crippen LogP contribution in [0.5, 0.6) is 0 Å². The predicted octanol–water partition coefficient (Wildman–Crippen LogP) is 3.51. The third kappa shape index (κ3) is 3.67. The Balaban J connectivity index is 2.62. The fraction of sp³-hybridized carbons (Fsp3) is 0.417. The number of nitrogens with zero attached hydrogens (tertiary/aromatic N) is 1. The third-order valence-electron chi connectivity index (χ3n) is 2.29. The van der Waals surface area contributed by atoms with Crippen molar-refractivity contribution in [2.24, 2.45) is 5.92 Å². The second-order valence-corrected chi connectivity index (χ2v) is 4.94. The van der Waals surface area contributed by atoms with E-state index in [0.717, 1.165) is 11.0 Å². The Bertz CT molecular complexity index is 330. The van der Waals surface area contributed by atoms with E-state index in [-0.39, 0.29) is 5.92 Å². The molecule has 15 heavy (non-hydrogen) atoms. The molecule has 0 aliphatic heterocycles. The number of halogens is 1. The van der Waals surface area contributed by atoms with Crippen molar-refractivity contribution in [3.63, 3.8) is 0 Å². The van der Waals surface area contributed by atoms with E-state index in [1.807, 2.05) is 37.9 Å². The van der Waals surface area contributed by atoms with Gasteiger partial charge in [-0.3, -0.25) is 5.41 Å². The van der Waals surface area contributed by atoms with Gasteiger partial charge in [0.25, 0.3) is 0 Å². The highest BCUT2D eigenvalue weighted by atomic mass is 79.9. The van der Waals surface area contributed by atoms with Crippen molar-refractivity contribution in [1.29, 1.82) is 5.41 Å². The first-order chi connectivity index (χ1) is 7.00. The van der Waals surface area contributed by atoms with Crippen molar-refractivity contribution in [2.45, 2.75) is 20.4 Å². The monoisotopic (exact) mass is 268 g/mol. The summed E-state index contributed by atoms with van der Waals surface area (Å²) in [6.07, 6.45) is 0. The molecule has 2 nitrogen and oxygen atoms in total. The van der Waals surface area contributed by atoms with Crippen LogP contribution in [0.3, 0.4) is 0 Å². The Morgan fingerprint density at radius 2 is 1.87 bits per heavy atom. The fourth-order valence-corrected chi connectivity index (χ4v) is 1.65. The van der Waals surface area contributed by atoms with Gasteiger partial charge in [-0.25, -0.2) is 0 Å². The standard InChI is InChI=1S/C12H17BrN2/c1-9(2)12(14)15(3)8-10-4-6-11(13)7-5-10/h4-7,9,14H,8H2,1-3H3. The lowest BCUT2D eigenvalue weighted by Gasteiger charge is -2.22. The third-order valence-corrected chi connectivity index (χ3v) is 2.82. The molecule has 0 spiro atoms. The molecule has 0 radical (unpaired) electrons. The fourth-order valence-electron chi connectivity index (χ4n) is 1.39. The quantitative estimate of drug-likeness (QED) is 0.659. The van der Waals surface area contributed by atoms with Crippen molar-refractivity contribution < 1.29 is 0 Å². The van der Waals surface area contributed by atoms with Gasteiger partial charge in [0, 0.05) is 24.0 Å². The molecule has 0 fully saturated rings. The first-order valence-corrected chi connectivity index (χ1v) is 5.84. The summed E-state index contributed by atoms with van der Waals surface area (Å²) >= 11 is 3.41. The van der Waals surface area contributed by atoms with E-state index in [1.165, 1.54) is 5.56 Å². The molecule has 0 amide bonds. The smallest absolute Gasteiger partial charge is 0.0984 e. The molecule has 1 rings (SSSR count). The predicted molar refractivity (Wildman–Crippen MR) is 68.2 cm³/mol. The van der Waals surface area contributed by atoms with Gasteiger partial charge in [0.05, 0.1) is 5.84 Å². The van der Waals surface area contributed by atoms with Gasteiger partial charge in [-0.05, 0) is 17.7 Å². The average Bonchev–Trinajstić information content (AvgIpc) is 2.20. The minimum atomic E-state index is 0.283. The molecule has 0 aromatic heterocycles. The van der Waals surface area contributed by atoms with Crippen LogP contribution in [0.1, 0.15) is 19.4 Å². The van der Waals surface area contributed by atoms with Crippen LogP contribution in [0.15, 0.2) is 28.7 Å². The molecule has 0 aliphatic rings. The Kier molecular flexibility index (Phi) is 4.33. The molecular weight excluding hydrogens is 252 g/mol. The zero-order valence-electron chi connectivity index (χ0n) is 9.42. The largest absolute Gasteiger partial charge is 0.359 e. The maximum atomic E-state index is 7.86. The van der Waals surface area contributed by atoms with E-state index in [4.69, 9.17) is 5.41 Å². The molecular formula is C12H17BrN2. The Labute approximate surface area is 99.9 Å². The summed E-state index contributed by atoms with van der Waals surface area (Å²) in [5, 5.41) is 7.86. The van der Waals surface area contributed by atoms with Crippen LogP contribution in [0.4, 0.5) is 0 Å². The summed E-state index contributed by atoms with van der Waals surface area (Å²) in [6.45, 7) is 4.88. The van der Waals surface area contributed by atoms with Gasteiger partial charge in [0.2, 0.25) is 0 Å². The molecule has 1 N–H and O–H groups in total. The highest BCUT2D eigenvalue weighted by Crippen LogP contribution is 2.12. The van der Waals surface area contributed by atoms with Crippen LogP contribution in [0.2, 0.25) is 0 Å². The van der Waals surface area contributed by atoms with Gasteiger partial charge < -0.3 is 4.90 Å². The lowest BCUT2D eigenvalue weighted by Crippen LogP contribution is -2.29. The van der Waals surface area contributed by atoms with Crippen molar-refractivity contribution in [2.75, 3.05) is 7.05 Å². The zero-order chi connectivity index (χ0) is 11.4. The number of benzene rings is 1. The van der Waals surface area contributed by atoms with Crippen LogP contribution >= 0.6 is 15.9 Å². The van der Waals surface area contributed by atoms with Gasteiger partial charge in [-0.2, -0.15) is 0 Å². The van der Waals surface area contributed by atoms with Crippen molar-refractivity contribution in [1.82, 2.24) is 4.90 Å². The zero-order valence-corrected chi connectivity index (χ0v) is 11.0. The van der Waals surface area contributed by atoms with Crippen molar-refractivity contribution in [3.8, 4) is 0 Å². The molecule has 0 unspecified atom stereocenters. The molecule has 0 saturated carbocycles. The maximum absolute atomic E-state index is 7.86. The average molecular weight is 269 g/mol. The molecule has 1 aromatic rings. The minimum Gasteiger partial charge on any atom is -0.359 e. The molecule has 3 heteroatoms. The van der Waals surface area contributed by atoms with E-state index in [1.54, 1.807) is 0 Å². The second-order valence-electron chi connectivity index (χ2n) is 4.02. The Morgan fingerprint density at radius 1 is 1.33 bits per heavy atom. The molecule has 0 aliphatic carbocycles. The molecule has 0 bridgehead atoms. The number of nitrogens with one attached hydrogen (secondary N) is 1. The first-order valence-electron chi connectivity index (χ1n) is 5.04. The number of hydrogen-bond acceptors (Lipinski definition) is 1. The maximum Gasteiger partial charge on any atom is 0.0984 e. The summed E-state index contributed by atoms with van der Waals surface area (Å²) in [5.74, 6) is 0.961. The molecule has 0 atom stereocenters. The lowest BCUT2D eigenvalue weighted by atomic mass is 10.1. The molecule has 0 saturated heterocycles. The molecule has 1 aromatic carbocycles. The topological polar surface area (TPSA) is 27.1 Å². The Morgan fingerprint density at radius 3 is 2.33 bits per heavy atom. The SMILES string of the molecule is CC(C)C(=N)N(C)Cc1ccc(Br)cc1.